The number of sulfonamides is 1. The van der Waals surface area contributed by atoms with E-state index in [1.165, 1.54) is 30.3 Å². The Morgan fingerprint density at radius 1 is 0.757 bits per heavy atom. The van der Waals surface area contributed by atoms with Crippen molar-refractivity contribution in [3.63, 3.8) is 0 Å². The molecule has 4 aromatic rings. The van der Waals surface area contributed by atoms with E-state index in [4.69, 9.17) is 11.6 Å². The number of halogens is 1. The van der Waals surface area contributed by atoms with Crippen LogP contribution in [0.3, 0.4) is 0 Å². The molecule has 3 N–H and O–H groups in total. The lowest BCUT2D eigenvalue weighted by molar-refractivity contribution is 0.0940. The van der Waals surface area contributed by atoms with Gasteiger partial charge in [0.25, 0.3) is 21.8 Å². The maximum absolute atomic E-state index is 13.1. The fraction of sp³-hybridized carbons (Fsp3) is 0.0714. The summed E-state index contributed by atoms with van der Waals surface area (Å²) < 4.78 is 27.8. The molecule has 0 saturated heterocycles. The van der Waals surface area contributed by atoms with Gasteiger partial charge in [-0.2, -0.15) is 0 Å². The van der Waals surface area contributed by atoms with Crippen LogP contribution in [0.1, 0.15) is 39.2 Å². The van der Waals surface area contributed by atoms with Crippen molar-refractivity contribution in [3.8, 4) is 0 Å². The van der Waals surface area contributed by atoms with Crippen LogP contribution in [0.15, 0.2) is 108 Å². The van der Waals surface area contributed by atoms with Gasteiger partial charge in [-0.15, -0.1) is 0 Å². The van der Waals surface area contributed by atoms with Crippen LogP contribution in [0.5, 0.6) is 0 Å². The van der Waals surface area contributed by atoms with E-state index in [-0.39, 0.29) is 44.4 Å². The molecule has 0 fully saturated rings. The van der Waals surface area contributed by atoms with Crippen LogP contribution in [-0.4, -0.2) is 20.2 Å². The average molecular weight is 534 g/mol. The largest absolute Gasteiger partial charge is 0.345 e. The second kappa shape index (κ2) is 11.3. The van der Waals surface area contributed by atoms with Gasteiger partial charge >= 0.3 is 0 Å². The summed E-state index contributed by atoms with van der Waals surface area (Å²) in [6.07, 6.45) is 0. The number of carbonyl (C=O) groups is 2. The van der Waals surface area contributed by atoms with Crippen LogP contribution in [0, 0.1) is 0 Å². The van der Waals surface area contributed by atoms with Crippen LogP contribution in [0.2, 0.25) is 5.02 Å². The van der Waals surface area contributed by atoms with Crippen LogP contribution < -0.4 is 15.4 Å². The normalized spacial score (nSPS) is 11.8. The number of hydrogen-bond acceptors (Lipinski definition) is 4. The molecule has 0 saturated carbocycles. The predicted molar refractivity (Wildman–Crippen MR) is 145 cm³/mol. The highest BCUT2D eigenvalue weighted by Crippen LogP contribution is 2.25. The third-order valence-electron chi connectivity index (χ3n) is 5.58. The van der Waals surface area contributed by atoms with Gasteiger partial charge in [0.15, 0.2) is 0 Å². The number of para-hydroxylation sites is 1. The molecule has 0 radical (unpaired) electrons. The Balaban J connectivity index is 1.53. The Morgan fingerprint density at radius 3 is 2.08 bits per heavy atom. The summed E-state index contributed by atoms with van der Waals surface area (Å²) in [5.41, 5.74) is 1.72. The maximum atomic E-state index is 13.1. The van der Waals surface area contributed by atoms with Gasteiger partial charge in [-0.1, -0.05) is 72.3 Å². The zero-order valence-corrected chi connectivity index (χ0v) is 21.4. The van der Waals surface area contributed by atoms with Crippen molar-refractivity contribution < 1.29 is 18.0 Å². The Bertz CT molecular complexity index is 1530. The predicted octanol–water partition coefficient (Wildman–Crippen LogP) is 5.88. The molecule has 0 aliphatic rings. The third kappa shape index (κ3) is 6.35. The molecule has 188 valence electrons. The van der Waals surface area contributed by atoms with E-state index in [1.54, 1.807) is 42.5 Å². The Hall–Kier alpha value is -4.14. The molecular weight excluding hydrogens is 510 g/mol. The van der Waals surface area contributed by atoms with E-state index < -0.39 is 15.9 Å². The first-order chi connectivity index (χ1) is 17.7. The van der Waals surface area contributed by atoms with E-state index in [0.29, 0.717) is 0 Å². The number of nitrogens with one attached hydrogen (secondary N) is 3. The zero-order valence-electron chi connectivity index (χ0n) is 19.8. The van der Waals surface area contributed by atoms with Gasteiger partial charge in [0, 0.05) is 5.69 Å². The van der Waals surface area contributed by atoms with E-state index in [0.717, 1.165) is 5.56 Å². The molecule has 0 unspecified atom stereocenters. The maximum Gasteiger partial charge on any atom is 0.261 e. The lowest BCUT2D eigenvalue weighted by Gasteiger charge is -2.17. The second-order valence-corrected chi connectivity index (χ2v) is 10.3. The number of hydrogen-bond donors (Lipinski definition) is 3. The van der Waals surface area contributed by atoms with Crippen molar-refractivity contribution in [3.05, 3.63) is 125 Å². The number of benzene rings is 4. The SMILES string of the molecule is C[C@H](NC(=O)c1ccccc1NC(=O)c1cc(NS(=O)(=O)c2ccccc2)ccc1Cl)c1ccccc1. The van der Waals surface area contributed by atoms with E-state index in [2.05, 4.69) is 15.4 Å². The molecule has 1 atom stereocenters. The summed E-state index contributed by atoms with van der Waals surface area (Å²) in [5.74, 6) is -0.954. The van der Waals surface area contributed by atoms with Gasteiger partial charge in [0.2, 0.25) is 0 Å². The van der Waals surface area contributed by atoms with Crippen molar-refractivity contribution in [1.29, 1.82) is 0 Å². The molecule has 0 heterocycles. The van der Waals surface area contributed by atoms with Gasteiger partial charge in [-0.05, 0) is 55.0 Å². The molecule has 7 nitrogen and oxygen atoms in total. The summed E-state index contributed by atoms with van der Waals surface area (Å²) in [6.45, 7) is 1.87. The standard InChI is InChI=1S/C28H24ClN3O4S/c1-19(20-10-4-2-5-11-20)30-27(33)23-14-8-9-15-26(23)31-28(34)24-18-21(16-17-25(24)29)32-37(35,36)22-12-6-3-7-13-22/h2-19,32H,1H3,(H,30,33)(H,31,34)/t19-/m0/s1. The highest BCUT2D eigenvalue weighted by Gasteiger charge is 2.19. The van der Waals surface area contributed by atoms with E-state index in [9.17, 15) is 18.0 Å². The Kier molecular flexibility index (Phi) is 7.91. The smallest absolute Gasteiger partial charge is 0.261 e. The first kappa shape index (κ1) is 25.9. The summed E-state index contributed by atoms with van der Waals surface area (Å²) >= 11 is 6.27. The van der Waals surface area contributed by atoms with Crippen molar-refractivity contribution in [1.82, 2.24) is 5.32 Å². The molecule has 0 spiro atoms. The van der Waals surface area contributed by atoms with Crippen molar-refractivity contribution in [2.24, 2.45) is 0 Å². The van der Waals surface area contributed by atoms with Gasteiger partial charge < -0.3 is 10.6 Å². The quantitative estimate of drug-likeness (QED) is 0.263. The van der Waals surface area contributed by atoms with Gasteiger partial charge in [-0.3, -0.25) is 14.3 Å². The Morgan fingerprint density at radius 2 is 1.38 bits per heavy atom. The second-order valence-electron chi connectivity index (χ2n) is 8.22. The van der Waals surface area contributed by atoms with E-state index >= 15 is 0 Å². The fourth-order valence-electron chi connectivity index (χ4n) is 3.66. The minimum absolute atomic E-state index is 0.0443. The van der Waals surface area contributed by atoms with Crippen LogP contribution in [0.25, 0.3) is 0 Å². The Labute approximate surface area is 220 Å². The van der Waals surface area contributed by atoms with Gasteiger partial charge in [-0.25, -0.2) is 8.42 Å². The summed E-state index contributed by atoms with van der Waals surface area (Å²) in [7, 11) is -3.86. The summed E-state index contributed by atoms with van der Waals surface area (Å²) in [5, 5.41) is 5.78. The molecule has 0 aliphatic heterocycles. The van der Waals surface area contributed by atoms with Gasteiger partial charge in [0.1, 0.15) is 0 Å². The van der Waals surface area contributed by atoms with Crippen molar-refractivity contribution >= 4 is 44.8 Å². The van der Waals surface area contributed by atoms with Gasteiger partial charge in [0.05, 0.1) is 32.8 Å². The van der Waals surface area contributed by atoms with Crippen LogP contribution >= 0.6 is 11.6 Å². The zero-order chi connectivity index (χ0) is 26.4. The molecule has 0 aromatic heterocycles. The van der Waals surface area contributed by atoms with E-state index in [1.807, 2.05) is 37.3 Å². The molecule has 37 heavy (non-hydrogen) atoms. The third-order valence-corrected chi connectivity index (χ3v) is 7.31. The number of carbonyl (C=O) groups excluding carboxylic acids is 2. The fourth-order valence-corrected chi connectivity index (χ4v) is 4.93. The average Bonchev–Trinajstić information content (AvgIpc) is 2.91. The van der Waals surface area contributed by atoms with Crippen molar-refractivity contribution in [2.75, 3.05) is 10.0 Å². The molecular formula is C28H24ClN3O4S. The molecule has 2 amide bonds. The number of rotatable bonds is 8. The number of amides is 2. The lowest BCUT2D eigenvalue weighted by atomic mass is 10.1. The van der Waals surface area contributed by atoms with Crippen molar-refractivity contribution in [2.45, 2.75) is 17.9 Å². The first-order valence-electron chi connectivity index (χ1n) is 11.4. The minimum Gasteiger partial charge on any atom is -0.345 e. The molecule has 0 aliphatic carbocycles. The highest BCUT2D eigenvalue weighted by atomic mass is 35.5. The summed E-state index contributed by atoms with van der Waals surface area (Å²) in [6, 6.07) is 28.0. The topological polar surface area (TPSA) is 104 Å². The molecule has 4 aromatic carbocycles. The summed E-state index contributed by atoms with van der Waals surface area (Å²) in [4.78, 5) is 26.2. The first-order valence-corrected chi connectivity index (χ1v) is 13.2. The minimum atomic E-state index is -3.86. The number of anilines is 2. The monoisotopic (exact) mass is 533 g/mol. The molecule has 0 bridgehead atoms. The lowest BCUT2D eigenvalue weighted by Crippen LogP contribution is -2.28. The highest BCUT2D eigenvalue weighted by molar-refractivity contribution is 7.92. The van der Waals surface area contributed by atoms with Crippen LogP contribution in [-0.2, 0) is 10.0 Å². The molecule has 9 heteroatoms. The molecule has 4 rings (SSSR count). The van der Waals surface area contributed by atoms with Crippen LogP contribution in [0.4, 0.5) is 11.4 Å².